The van der Waals surface area contributed by atoms with E-state index in [1.807, 2.05) is 0 Å². The van der Waals surface area contributed by atoms with E-state index in [2.05, 4.69) is 9.88 Å². The number of para-hydroxylation sites is 1. The van der Waals surface area contributed by atoms with Crippen molar-refractivity contribution < 1.29 is 18.0 Å². The lowest BCUT2D eigenvalue weighted by molar-refractivity contribution is 0.392. The predicted molar refractivity (Wildman–Crippen MR) is 68.8 cm³/mol. The minimum absolute atomic E-state index is 0.0336. The maximum Gasteiger partial charge on any atom is 0.217 e. The van der Waals surface area contributed by atoms with Gasteiger partial charge >= 0.3 is 0 Å². The number of phenolic OH excluding ortho intramolecular Hbond substituents is 1. The van der Waals surface area contributed by atoms with Gasteiger partial charge in [-0.15, -0.1) is 0 Å². The number of sulfonamides is 1. The minimum Gasteiger partial charge on any atom is -0.508 e. The Hall–Kier alpha value is -1.86. The standard InChI is InChI=1S/C12H14N2O4S/c1-9-6-11(14-18-9)8-19(16,17)13-7-10-4-2-3-5-12(10)15/h2-6,13,15H,7-8H2,1H3. The van der Waals surface area contributed by atoms with Crippen LogP contribution in [0.25, 0.3) is 0 Å². The second-order valence-electron chi connectivity index (χ2n) is 4.14. The number of phenols is 1. The van der Waals surface area contributed by atoms with Crippen molar-refractivity contribution >= 4 is 10.0 Å². The van der Waals surface area contributed by atoms with Gasteiger partial charge in [-0.1, -0.05) is 23.4 Å². The molecule has 19 heavy (non-hydrogen) atoms. The summed E-state index contributed by atoms with van der Waals surface area (Å²) in [6.07, 6.45) is 0. The van der Waals surface area contributed by atoms with Crippen LogP contribution in [0.2, 0.25) is 0 Å². The van der Waals surface area contributed by atoms with E-state index in [0.29, 0.717) is 17.0 Å². The first-order chi connectivity index (χ1) is 8.96. The Morgan fingerprint density at radius 1 is 1.37 bits per heavy atom. The molecule has 0 radical (unpaired) electrons. The van der Waals surface area contributed by atoms with Crippen molar-refractivity contribution in [2.24, 2.45) is 0 Å². The third-order valence-electron chi connectivity index (χ3n) is 2.49. The van der Waals surface area contributed by atoms with Crippen LogP contribution in [0.3, 0.4) is 0 Å². The zero-order valence-electron chi connectivity index (χ0n) is 10.3. The molecular formula is C12H14N2O4S. The van der Waals surface area contributed by atoms with Crippen LogP contribution < -0.4 is 4.72 Å². The van der Waals surface area contributed by atoms with E-state index in [1.165, 1.54) is 6.07 Å². The number of benzene rings is 1. The van der Waals surface area contributed by atoms with Gasteiger partial charge in [0.2, 0.25) is 10.0 Å². The van der Waals surface area contributed by atoms with Crippen molar-refractivity contribution in [3.05, 3.63) is 47.3 Å². The number of nitrogens with one attached hydrogen (secondary N) is 1. The van der Waals surface area contributed by atoms with E-state index >= 15 is 0 Å². The van der Waals surface area contributed by atoms with Crippen molar-refractivity contribution in [3.8, 4) is 5.75 Å². The number of rotatable bonds is 5. The molecule has 0 aliphatic carbocycles. The quantitative estimate of drug-likeness (QED) is 0.862. The summed E-state index contributed by atoms with van der Waals surface area (Å²) in [7, 11) is -3.52. The minimum atomic E-state index is -3.52. The van der Waals surface area contributed by atoms with Gasteiger partial charge in [-0.3, -0.25) is 0 Å². The van der Waals surface area contributed by atoms with Crippen LogP contribution in [0.5, 0.6) is 5.75 Å². The number of hydrogen-bond donors (Lipinski definition) is 2. The molecule has 6 nitrogen and oxygen atoms in total. The molecular weight excluding hydrogens is 268 g/mol. The van der Waals surface area contributed by atoms with Crippen LogP contribution in [0, 0.1) is 6.92 Å². The largest absolute Gasteiger partial charge is 0.508 e. The van der Waals surface area contributed by atoms with Gasteiger partial charge in [-0.2, -0.15) is 0 Å². The highest BCUT2D eigenvalue weighted by Gasteiger charge is 2.14. The molecule has 0 amide bonds. The molecule has 102 valence electrons. The highest BCUT2D eigenvalue weighted by Crippen LogP contribution is 2.15. The molecule has 0 aliphatic rings. The number of aromatic nitrogens is 1. The van der Waals surface area contributed by atoms with Crippen molar-refractivity contribution in [2.45, 2.75) is 19.2 Å². The van der Waals surface area contributed by atoms with Gasteiger partial charge in [0.15, 0.2) is 0 Å². The number of hydrogen-bond acceptors (Lipinski definition) is 5. The average molecular weight is 282 g/mol. The smallest absolute Gasteiger partial charge is 0.217 e. The Labute approximate surface area is 111 Å². The normalized spacial score (nSPS) is 11.6. The average Bonchev–Trinajstić information content (AvgIpc) is 2.73. The maximum atomic E-state index is 11.8. The number of aromatic hydroxyl groups is 1. The SMILES string of the molecule is Cc1cc(CS(=O)(=O)NCc2ccccc2O)no1. The molecule has 1 heterocycles. The Morgan fingerprint density at radius 2 is 2.11 bits per heavy atom. The summed E-state index contributed by atoms with van der Waals surface area (Å²) in [6, 6.07) is 8.12. The summed E-state index contributed by atoms with van der Waals surface area (Å²) in [6.45, 7) is 1.73. The molecule has 1 aromatic heterocycles. The van der Waals surface area contributed by atoms with Crippen LogP contribution in [-0.4, -0.2) is 18.7 Å². The molecule has 1 aromatic carbocycles. The first kappa shape index (κ1) is 13.6. The lowest BCUT2D eigenvalue weighted by Crippen LogP contribution is -2.24. The third-order valence-corrected chi connectivity index (χ3v) is 3.75. The van der Waals surface area contributed by atoms with Gasteiger partial charge in [0.05, 0.1) is 0 Å². The molecule has 2 aromatic rings. The highest BCUT2D eigenvalue weighted by molar-refractivity contribution is 7.88. The van der Waals surface area contributed by atoms with E-state index in [9.17, 15) is 13.5 Å². The number of aryl methyl sites for hydroxylation is 1. The topological polar surface area (TPSA) is 92.4 Å². The molecule has 0 bridgehead atoms. The lowest BCUT2D eigenvalue weighted by Gasteiger charge is -2.06. The van der Waals surface area contributed by atoms with Crippen molar-refractivity contribution in [1.82, 2.24) is 9.88 Å². The van der Waals surface area contributed by atoms with E-state index in [1.54, 1.807) is 31.2 Å². The van der Waals surface area contributed by atoms with E-state index in [0.717, 1.165) is 0 Å². The fraction of sp³-hybridized carbons (Fsp3) is 0.250. The fourth-order valence-corrected chi connectivity index (χ4v) is 2.58. The molecule has 0 fully saturated rings. The monoisotopic (exact) mass is 282 g/mol. The zero-order chi connectivity index (χ0) is 13.9. The molecule has 0 unspecified atom stereocenters. The molecule has 7 heteroatoms. The van der Waals surface area contributed by atoms with Gasteiger partial charge < -0.3 is 9.63 Å². The summed E-state index contributed by atoms with van der Waals surface area (Å²) in [5, 5.41) is 13.2. The van der Waals surface area contributed by atoms with Crippen molar-refractivity contribution in [2.75, 3.05) is 0 Å². The zero-order valence-corrected chi connectivity index (χ0v) is 11.1. The molecule has 2 N–H and O–H groups in total. The summed E-state index contributed by atoms with van der Waals surface area (Å²) in [5.74, 6) is 0.367. The van der Waals surface area contributed by atoms with Crippen LogP contribution >= 0.6 is 0 Å². The van der Waals surface area contributed by atoms with Crippen molar-refractivity contribution in [1.29, 1.82) is 0 Å². The summed E-state index contributed by atoms with van der Waals surface area (Å²) >= 11 is 0. The summed E-state index contributed by atoms with van der Waals surface area (Å²) in [4.78, 5) is 0. The van der Waals surface area contributed by atoms with Gasteiger partial charge in [0.25, 0.3) is 0 Å². The summed E-state index contributed by atoms with van der Waals surface area (Å²) in [5.41, 5.74) is 0.865. The van der Waals surface area contributed by atoms with E-state index in [4.69, 9.17) is 4.52 Å². The Balaban J connectivity index is 2.00. The Kier molecular flexibility index (Phi) is 3.87. The van der Waals surface area contributed by atoms with Crippen LogP contribution in [0.15, 0.2) is 34.9 Å². The molecule has 0 spiro atoms. The molecule has 0 saturated carbocycles. The van der Waals surface area contributed by atoms with E-state index < -0.39 is 10.0 Å². The predicted octanol–water partition coefficient (Wildman–Crippen LogP) is 1.31. The first-order valence-electron chi connectivity index (χ1n) is 5.63. The van der Waals surface area contributed by atoms with Gasteiger partial charge in [-0.05, 0) is 13.0 Å². The Bertz CT molecular complexity index is 664. The highest BCUT2D eigenvalue weighted by atomic mass is 32.2. The third kappa shape index (κ3) is 3.80. The second-order valence-corrected chi connectivity index (χ2v) is 5.94. The van der Waals surface area contributed by atoms with E-state index in [-0.39, 0.29) is 18.0 Å². The van der Waals surface area contributed by atoms with Crippen molar-refractivity contribution in [3.63, 3.8) is 0 Å². The fourth-order valence-electron chi connectivity index (χ4n) is 1.58. The second kappa shape index (κ2) is 5.41. The van der Waals surface area contributed by atoms with Crippen LogP contribution in [0.1, 0.15) is 17.0 Å². The Morgan fingerprint density at radius 3 is 2.74 bits per heavy atom. The van der Waals surface area contributed by atoms with Crippen LogP contribution in [0.4, 0.5) is 0 Å². The maximum absolute atomic E-state index is 11.8. The molecule has 0 atom stereocenters. The van der Waals surface area contributed by atoms with Gasteiger partial charge in [-0.25, -0.2) is 13.1 Å². The van der Waals surface area contributed by atoms with Gasteiger partial charge in [0, 0.05) is 18.2 Å². The first-order valence-corrected chi connectivity index (χ1v) is 7.28. The van der Waals surface area contributed by atoms with Crippen LogP contribution in [-0.2, 0) is 22.3 Å². The lowest BCUT2D eigenvalue weighted by atomic mass is 10.2. The molecule has 2 rings (SSSR count). The molecule has 0 saturated heterocycles. The van der Waals surface area contributed by atoms with Gasteiger partial charge in [0.1, 0.15) is 23.0 Å². The number of nitrogens with zero attached hydrogens (tertiary/aromatic N) is 1. The molecule has 0 aliphatic heterocycles. The summed E-state index contributed by atoms with van der Waals surface area (Å²) < 4.78 is 30.9.